The quantitative estimate of drug-likeness (QED) is 0.337. The summed E-state index contributed by atoms with van der Waals surface area (Å²) in [5.41, 5.74) is 5.69. The molecule has 0 aliphatic heterocycles. The highest BCUT2D eigenvalue weighted by molar-refractivity contribution is 6.07. The van der Waals surface area contributed by atoms with Crippen LogP contribution in [0.25, 0.3) is 43.4 Å². The number of aromatic amines is 2. The van der Waals surface area contributed by atoms with E-state index in [0.717, 1.165) is 60.3 Å². The van der Waals surface area contributed by atoms with Crippen molar-refractivity contribution in [1.29, 1.82) is 0 Å². The highest BCUT2D eigenvalue weighted by Crippen LogP contribution is 2.27. The first-order valence-corrected chi connectivity index (χ1v) is 11.1. The van der Waals surface area contributed by atoms with Crippen LogP contribution < -0.4 is 10.9 Å². The van der Waals surface area contributed by atoms with Crippen LogP contribution in [0.5, 0.6) is 0 Å². The van der Waals surface area contributed by atoms with E-state index in [0.29, 0.717) is 11.8 Å². The molecular weight excluding hydrogens is 408 g/mol. The minimum atomic E-state index is -0.00512. The van der Waals surface area contributed by atoms with Crippen molar-refractivity contribution in [3.05, 3.63) is 116 Å². The molecule has 0 saturated carbocycles. The van der Waals surface area contributed by atoms with E-state index in [9.17, 15) is 9.59 Å². The van der Waals surface area contributed by atoms with Crippen molar-refractivity contribution in [3.8, 4) is 0 Å². The number of hydrogen-bond donors (Lipinski definition) is 2. The second-order valence-electron chi connectivity index (χ2n) is 8.80. The van der Waals surface area contributed by atoms with E-state index in [1.54, 1.807) is 12.1 Å². The monoisotopic (exact) mass is 430 g/mol. The Morgan fingerprint density at radius 2 is 1.48 bits per heavy atom. The lowest BCUT2D eigenvalue weighted by Crippen LogP contribution is -2.11. The van der Waals surface area contributed by atoms with Crippen molar-refractivity contribution in [2.24, 2.45) is 0 Å². The smallest absolute Gasteiger partial charge is 0.192 e. The van der Waals surface area contributed by atoms with Crippen molar-refractivity contribution in [2.45, 2.75) is 20.3 Å². The Morgan fingerprint density at radius 1 is 0.727 bits per heavy atom. The highest BCUT2D eigenvalue weighted by Gasteiger charge is 2.13. The lowest BCUT2D eigenvalue weighted by atomic mass is 9.95. The topological polar surface area (TPSA) is 65.7 Å². The molecule has 2 N–H and O–H groups in total. The molecule has 0 amide bonds. The molecule has 6 rings (SSSR count). The van der Waals surface area contributed by atoms with E-state index in [-0.39, 0.29) is 10.9 Å². The zero-order valence-electron chi connectivity index (χ0n) is 18.5. The predicted molar refractivity (Wildman–Crippen MR) is 136 cm³/mol. The Bertz CT molecular complexity index is 1860. The van der Waals surface area contributed by atoms with Gasteiger partial charge in [0.25, 0.3) is 0 Å². The first-order valence-electron chi connectivity index (χ1n) is 11.1. The Morgan fingerprint density at radius 3 is 2.33 bits per heavy atom. The maximum atomic E-state index is 13.7. The Hall–Kier alpha value is -4.18. The second kappa shape index (κ2) is 7.17. The Balaban J connectivity index is 1.59. The van der Waals surface area contributed by atoms with E-state index in [1.165, 1.54) is 0 Å². The van der Waals surface area contributed by atoms with Crippen LogP contribution in [0.1, 0.15) is 22.4 Å². The number of benzene rings is 4. The average molecular weight is 431 g/mol. The van der Waals surface area contributed by atoms with Crippen LogP contribution in [0.4, 0.5) is 0 Å². The third-order valence-electron chi connectivity index (χ3n) is 6.65. The molecule has 0 unspecified atom stereocenters. The molecule has 0 bridgehead atoms. The number of pyridine rings is 2. The molecule has 4 heteroatoms. The minimum Gasteiger partial charge on any atom is -0.361 e. The van der Waals surface area contributed by atoms with Crippen LogP contribution in [0, 0.1) is 13.8 Å². The zero-order chi connectivity index (χ0) is 22.7. The van der Waals surface area contributed by atoms with Gasteiger partial charge in [-0.05, 0) is 53.9 Å². The lowest BCUT2D eigenvalue weighted by molar-refractivity contribution is 1.18. The third kappa shape index (κ3) is 2.99. The molecule has 0 fully saturated rings. The minimum absolute atomic E-state index is 0.00512. The van der Waals surface area contributed by atoms with Gasteiger partial charge in [0.15, 0.2) is 10.9 Å². The fourth-order valence-electron chi connectivity index (χ4n) is 5.10. The fourth-order valence-corrected chi connectivity index (χ4v) is 5.10. The van der Waals surface area contributed by atoms with Crippen molar-refractivity contribution in [2.75, 3.05) is 0 Å². The average Bonchev–Trinajstić information content (AvgIpc) is 2.80. The molecule has 0 atom stereocenters. The van der Waals surface area contributed by atoms with Crippen LogP contribution in [-0.2, 0) is 6.42 Å². The summed E-state index contributed by atoms with van der Waals surface area (Å²) < 4.78 is 0. The molecule has 4 aromatic carbocycles. The molecule has 160 valence electrons. The predicted octanol–water partition coefficient (Wildman–Crippen LogP) is 5.88. The van der Waals surface area contributed by atoms with Crippen molar-refractivity contribution in [3.63, 3.8) is 0 Å². The number of nitrogens with one attached hydrogen (secondary N) is 2. The summed E-state index contributed by atoms with van der Waals surface area (Å²) in [5, 5.41) is 5.29. The Kier molecular flexibility index (Phi) is 4.24. The first kappa shape index (κ1) is 19.5. The van der Waals surface area contributed by atoms with Crippen LogP contribution in [0.2, 0.25) is 0 Å². The van der Waals surface area contributed by atoms with E-state index >= 15 is 0 Å². The summed E-state index contributed by atoms with van der Waals surface area (Å²) in [6.45, 7) is 4.09. The highest BCUT2D eigenvalue weighted by atomic mass is 16.1. The molecular formula is C29H22N2O2. The largest absolute Gasteiger partial charge is 0.361 e. The van der Waals surface area contributed by atoms with Crippen molar-refractivity contribution < 1.29 is 0 Å². The Labute approximate surface area is 189 Å². The van der Waals surface area contributed by atoms with E-state index in [1.807, 2.05) is 55.6 Å². The van der Waals surface area contributed by atoms with Gasteiger partial charge in [-0.3, -0.25) is 9.59 Å². The summed E-state index contributed by atoms with van der Waals surface area (Å²) in [6.07, 6.45) is 2.35. The van der Waals surface area contributed by atoms with Gasteiger partial charge in [-0.25, -0.2) is 0 Å². The molecule has 0 aliphatic rings. The third-order valence-corrected chi connectivity index (χ3v) is 6.65. The summed E-state index contributed by atoms with van der Waals surface area (Å²) in [7, 11) is 0. The zero-order valence-corrected chi connectivity index (χ0v) is 18.5. The molecule has 6 aromatic rings. The molecule has 0 aliphatic carbocycles. The van der Waals surface area contributed by atoms with Gasteiger partial charge in [0.1, 0.15) is 0 Å². The molecule has 33 heavy (non-hydrogen) atoms. The molecule has 0 spiro atoms. The molecule has 2 heterocycles. The van der Waals surface area contributed by atoms with Gasteiger partial charge in [0, 0.05) is 34.6 Å². The van der Waals surface area contributed by atoms with Crippen molar-refractivity contribution >= 4 is 43.4 Å². The van der Waals surface area contributed by atoms with Crippen LogP contribution in [-0.4, -0.2) is 9.97 Å². The lowest BCUT2D eigenvalue weighted by Gasteiger charge is -2.11. The van der Waals surface area contributed by atoms with E-state index in [4.69, 9.17) is 0 Å². The number of fused-ring (bicyclic) bond motifs is 6. The van der Waals surface area contributed by atoms with Gasteiger partial charge in [0.05, 0.1) is 21.8 Å². The fraction of sp³-hybridized carbons (Fsp3) is 0.103. The van der Waals surface area contributed by atoms with Crippen LogP contribution in [0.15, 0.2) is 82.5 Å². The maximum absolute atomic E-state index is 13.7. The molecule has 0 saturated heterocycles. The van der Waals surface area contributed by atoms with E-state index in [2.05, 4.69) is 29.0 Å². The number of hydrogen-bond acceptors (Lipinski definition) is 2. The second-order valence-corrected chi connectivity index (χ2v) is 8.80. The number of H-pyrrole nitrogens is 2. The van der Waals surface area contributed by atoms with Gasteiger partial charge in [-0.15, -0.1) is 0 Å². The van der Waals surface area contributed by atoms with Crippen LogP contribution >= 0.6 is 0 Å². The summed E-state index contributed by atoms with van der Waals surface area (Å²) in [4.78, 5) is 32.9. The van der Waals surface area contributed by atoms with Crippen LogP contribution in [0.3, 0.4) is 0 Å². The first-order chi connectivity index (χ1) is 16.0. The van der Waals surface area contributed by atoms with Gasteiger partial charge >= 0.3 is 0 Å². The van der Waals surface area contributed by atoms with Gasteiger partial charge in [-0.2, -0.15) is 0 Å². The number of aromatic nitrogens is 2. The van der Waals surface area contributed by atoms with Crippen molar-refractivity contribution in [1.82, 2.24) is 9.97 Å². The SMILES string of the molecule is Cc1cc(C)c2ccc3ccc(Cc4cc[nH]c5c4ccc4cccc(=O)c45)c(=O)c3c2[nH]1. The maximum Gasteiger partial charge on any atom is 0.192 e. The van der Waals surface area contributed by atoms with Gasteiger partial charge in [-0.1, -0.05) is 48.5 Å². The number of rotatable bonds is 2. The van der Waals surface area contributed by atoms with E-state index < -0.39 is 0 Å². The normalized spacial score (nSPS) is 11.7. The molecule has 0 radical (unpaired) electrons. The van der Waals surface area contributed by atoms with Gasteiger partial charge in [0.2, 0.25) is 0 Å². The van der Waals surface area contributed by atoms with Gasteiger partial charge < -0.3 is 9.97 Å². The summed E-state index contributed by atoms with van der Waals surface area (Å²) in [6, 6.07) is 21.5. The number of aryl methyl sites for hydroxylation is 2. The molecule has 2 aromatic heterocycles. The molecule has 4 nitrogen and oxygen atoms in total. The summed E-state index contributed by atoms with van der Waals surface area (Å²) in [5.74, 6) is 0. The summed E-state index contributed by atoms with van der Waals surface area (Å²) >= 11 is 0. The standard InChI is InChI=1S/C29H22N2O2/c1-16-14-17(2)31-28-22(16)10-8-19-6-7-21(29(33)26(19)28)15-20-12-13-30-27-23(20)11-9-18-4-3-5-24(32)25(18)27/h3-14,30-31H,15H2,1-2H3.